The van der Waals surface area contributed by atoms with Gasteiger partial charge in [-0.1, -0.05) is 16.8 Å². The SMILES string of the molecule is O=c1cc(-c2cc(Cl)ccc2-n2cc(CO)nn2)nc[nH]1. The number of aliphatic hydroxyl groups excluding tert-OH is 1. The first-order valence-corrected chi connectivity index (χ1v) is 6.42. The summed E-state index contributed by atoms with van der Waals surface area (Å²) < 4.78 is 1.50. The minimum absolute atomic E-state index is 0.202. The molecule has 2 N–H and O–H groups in total. The molecule has 0 amide bonds. The Morgan fingerprint density at radius 1 is 1.33 bits per heavy atom. The van der Waals surface area contributed by atoms with Crippen LogP contribution in [0.1, 0.15) is 5.69 Å². The van der Waals surface area contributed by atoms with Gasteiger partial charge in [0.15, 0.2) is 0 Å². The second-order valence-corrected chi connectivity index (χ2v) is 4.71. The number of nitrogens with one attached hydrogen (secondary N) is 1. The average Bonchev–Trinajstić information content (AvgIpc) is 2.96. The van der Waals surface area contributed by atoms with Crippen molar-refractivity contribution in [2.45, 2.75) is 6.61 Å². The van der Waals surface area contributed by atoms with Gasteiger partial charge < -0.3 is 10.1 Å². The number of halogens is 1. The van der Waals surface area contributed by atoms with Crippen LogP contribution in [-0.4, -0.2) is 30.1 Å². The first kappa shape index (κ1) is 13.5. The Morgan fingerprint density at radius 2 is 2.19 bits per heavy atom. The Kier molecular flexibility index (Phi) is 3.51. The lowest BCUT2D eigenvalue weighted by Crippen LogP contribution is -2.06. The zero-order valence-corrected chi connectivity index (χ0v) is 11.4. The van der Waals surface area contributed by atoms with Crippen LogP contribution < -0.4 is 5.56 Å². The Labute approximate surface area is 123 Å². The minimum Gasteiger partial charge on any atom is -0.390 e. The maximum Gasteiger partial charge on any atom is 0.251 e. The molecule has 3 aromatic rings. The quantitative estimate of drug-likeness (QED) is 0.757. The molecule has 21 heavy (non-hydrogen) atoms. The van der Waals surface area contributed by atoms with Crippen molar-refractivity contribution < 1.29 is 5.11 Å². The highest BCUT2D eigenvalue weighted by Gasteiger charge is 2.11. The third-order valence-corrected chi connectivity index (χ3v) is 3.10. The first-order valence-electron chi connectivity index (χ1n) is 6.04. The lowest BCUT2D eigenvalue weighted by Gasteiger charge is -2.08. The second-order valence-electron chi connectivity index (χ2n) is 4.27. The lowest BCUT2D eigenvalue weighted by atomic mass is 10.1. The van der Waals surface area contributed by atoms with Crippen molar-refractivity contribution >= 4 is 11.6 Å². The minimum atomic E-state index is -0.263. The van der Waals surface area contributed by atoms with Crippen molar-refractivity contribution in [3.8, 4) is 16.9 Å². The summed E-state index contributed by atoms with van der Waals surface area (Å²) >= 11 is 6.03. The molecule has 0 radical (unpaired) electrons. The summed E-state index contributed by atoms with van der Waals surface area (Å²) in [6, 6.07) is 6.52. The lowest BCUT2D eigenvalue weighted by molar-refractivity contribution is 0.276. The van der Waals surface area contributed by atoms with E-state index in [-0.39, 0.29) is 12.2 Å². The van der Waals surface area contributed by atoms with Gasteiger partial charge in [-0.15, -0.1) is 5.10 Å². The fourth-order valence-electron chi connectivity index (χ4n) is 1.92. The molecule has 0 aliphatic carbocycles. The normalized spacial score (nSPS) is 10.8. The van der Waals surface area contributed by atoms with Gasteiger partial charge in [0.1, 0.15) is 5.69 Å². The molecule has 0 atom stereocenters. The number of hydrogen-bond acceptors (Lipinski definition) is 5. The molecule has 0 saturated heterocycles. The van der Waals surface area contributed by atoms with Crippen LogP contribution in [-0.2, 0) is 6.61 Å². The van der Waals surface area contributed by atoms with Gasteiger partial charge in [-0.25, -0.2) is 9.67 Å². The maximum absolute atomic E-state index is 11.5. The molecule has 8 heteroatoms. The number of aromatic amines is 1. The molecule has 106 valence electrons. The van der Waals surface area contributed by atoms with Crippen molar-refractivity contribution in [3.05, 3.63) is 57.9 Å². The molecule has 0 saturated carbocycles. The van der Waals surface area contributed by atoms with E-state index in [0.29, 0.717) is 27.7 Å². The van der Waals surface area contributed by atoms with Gasteiger partial charge >= 0.3 is 0 Å². The maximum atomic E-state index is 11.5. The molecule has 0 fully saturated rings. The molecule has 3 rings (SSSR count). The van der Waals surface area contributed by atoms with Crippen molar-refractivity contribution in [2.75, 3.05) is 0 Å². The molecular weight excluding hydrogens is 294 g/mol. The highest BCUT2D eigenvalue weighted by Crippen LogP contribution is 2.27. The third-order valence-electron chi connectivity index (χ3n) is 2.86. The van der Waals surface area contributed by atoms with E-state index in [1.165, 1.54) is 17.1 Å². The predicted octanol–water partition coefficient (Wildman–Crippen LogP) is 1.16. The van der Waals surface area contributed by atoms with E-state index >= 15 is 0 Å². The van der Waals surface area contributed by atoms with E-state index in [9.17, 15) is 4.79 Å². The van der Waals surface area contributed by atoms with E-state index in [1.54, 1.807) is 24.4 Å². The van der Waals surface area contributed by atoms with Crippen LogP contribution in [0.15, 0.2) is 41.6 Å². The second kappa shape index (κ2) is 5.47. The van der Waals surface area contributed by atoms with Crippen LogP contribution in [0.3, 0.4) is 0 Å². The third kappa shape index (κ3) is 2.69. The van der Waals surface area contributed by atoms with Crippen LogP contribution in [0.4, 0.5) is 0 Å². The van der Waals surface area contributed by atoms with E-state index < -0.39 is 0 Å². The molecule has 0 spiro atoms. The van der Waals surface area contributed by atoms with E-state index in [0.717, 1.165) is 0 Å². The fraction of sp³-hybridized carbons (Fsp3) is 0.0769. The zero-order valence-electron chi connectivity index (χ0n) is 10.7. The zero-order chi connectivity index (χ0) is 14.8. The summed E-state index contributed by atoms with van der Waals surface area (Å²) in [5, 5.41) is 17.4. The van der Waals surface area contributed by atoms with Crippen LogP contribution in [0.25, 0.3) is 16.9 Å². The molecule has 1 aromatic carbocycles. The summed E-state index contributed by atoms with van der Waals surface area (Å²) in [5.74, 6) is 0. The molecular formula is C13H10ClN5O2. The number of H-pyrrole nitrogens is 1. The van der Waals surface area contributed by atoms with E-state index in [1.807, 2.05) is 0 Å². The van der Waals surface area contributed by atoms with E-state index in [4.69, 9.17) is 16.7 Å². The standard InChI is InChI=1S/C13H10ClN5O2/c14-8-1-2-12(19-5-9(6-20)17-18-19)10(3-8)11-4-13(21)16-7-15-11/h1-5,7,20H,6H2,(H,15,16,21). The van der Waals surface area contributed by atoms with Crippen LogP contribution in [0, 0.1) is 0 Å². The Balaban J connectivity index is 2.19. The van der Waals surface area contributed by atoms with Crippen molar-refractivity contribution in [1.82, 2.24) is 25.0 Å². The number of nitrogens with zero attached hydrogens (tertiary/aromatic N) is 4. The number of hydrogen-bond donors (Lipinski definition) is 2. The summed E-state index contributed by atoms with van der Waals surface area (Å²) in [6.07, 6.45) is 2.92. The van der Waals surface area contributed by atoms with Gasteiger partial charge in [-0.05, 0) is 18.2 Å². The van der Waals surface area contributed by atoms with Gasteiger partial charge in [0.25, 0.3) is 5.56 Å². The first-order chi connectivity index (χ1) is 10.2. The van der Waals surface area contributed by atoms with E-state index in [2.05, 4.69) is 20.3 Å². The summed E-state index contributed by atoms with van der Waals surface area (Å²) in [6.45, 7) is -0.202. The van der Waals surface area contributed by atoms with Crippen LogP contribution in [0.2, 0.25) is 5.02 Å². The van der Waals surface area contributed by atoms with Gasteiger partial charge in [-0.3, -0.25) is 4.79 Å². The van der Waals surface area contributed by atoms with Gasteiger partial charge in [0.05, 0.1) is 30.5 Å². The highest BCUT2D eigenvalue weighted by molar-refractivity contribution is 6.31. The van der Waals surface area contributed by atoms with Crippen LogP contribution in [0.5, 0.6) is 0 Å². The summed E-state index contributed by atoms with van der Waals surface area (Å²) in [4.78, 5) is 18.1. The number of rotatable bonds is 3. The Morgan fingerprint density at radius 3 is 2.90 bits per heavy atom. The Bertz CT molecular complexity index is 842. The van der Waals surface area contributed by atoms with Crippen molar-refractivity contribution in [1.29, 1.82) is 0 Å². The highest BCUT2D eigenvalue weighted by atomic mass is 35.5. The Hall–Kier alpha value is -2.51. The smallest absolute Gasteiger partial charge is 0.251 e. The predicted molar refractivity (Wildman–Crippen MR) is 76.1 cm³/mol. The molecule has 2 heterocycles. The molecule has 0 aliphatic rings. The molecule has 0 aliphatic heterocycles. The molecule has 0 bridgehead atoms. The molecule has 7 nitrogen and oxygen atoms in total. The van der Waals surface area contributed by atoms with Gasteiger partial charge in [0, 0.05) is 16.7 Å². The average molecular weight is 304 g/mol. The largest absolute Gasteiger partial charge is 0.390 e. The molecule has 2 aromatic heterocycles. The summed E-state index contributed by atoms with van der Waals surface area (Å²) in [5.41, 5.74) is 1.94. The van der Waals surface area contributed by atoms with Gasteiger partial charge in [0.2, 0.25) is 0 Å². The number of benzene rings is 1. The van der Waals surface area contributed by atoms with Crippen LogP contribution >= 0.6 is 11.6 Å². The summed E-state index contributed by atoms with van der Waals surface area (Å²) in [7, 11) is 0. The van der Waals surface area contributed by atoms with Crippen molar-refractivity contribution in [3.63, 3.8) is 0 Å². The number of aliphatic hydroxyl groups is 1. The fourth-order valence-corrected chi connectivity index (χ4v) is 2.09. The van der Waals surface area contributed by atoms with Gasteiger partial charge in [-0.2, -0.15) is 0 Å². The molecule has 0 unspecified atom stereocenters. The van der Waals surface area contributed by atoms with Crippen molar-refractivity contribution in [2.24, 2.45) is 0 Å². The monoisotopic (exact) mass is 303 g/mol. The topological polar surface area (TPSA) is 96.7 Å². The number of aromatic nitrogens is 5.